The number of hydrogen-bond acceptors (Lipinski definition) is 5. The maximum absolute atomic E-state index is 14.6. The Kier molecular flexibility index (Phi) is 4.55. The van der Waals surface area contributed by atoms with E-state index in [1.165, 1.54) is 6.20 Å². The minimum absolute atomic E-state index is 0.390. The van der Waals surface area contributed by atoms with Gasteiger partial charge < -0.3 is 10.4 Å². The highest BCUT2D eigenvalue weighted by atomic mass is 19.1. The minimum Gasteiger partial charge on any atom is -0.384 e. The molecule has 0 saturated carbocycles. The Hall–Kier alpha value is -3.32. The van der Waals surface area contributed by atoms with Crippen LogP contribution in [0.4, 0.5) is 16.0 Å². The molecule has 2 N–H and O–H groups in total. The molecule has 0 aliphatic carbocycles. The lowest BCUT2D eigenvalue weighted by Gasteiger charge is -2.18. The van der Waals surface area contributed by atoms with Crippen molar-refractivity contribution in [2.24, 2.45) is 7.05 Å². The standard InChI is InChI=1S/C22H21FN5O/c1-13-7-8-24-19(9-13)26-20-11-15(17(23)12-25-20)14-5-6-18-16(10-14)21(22(2,3)29)28(4)27-18/h5-12,29H,1H2,2-4H3,(H,24,25,26). The van der Waals surface area contributed by atoms with Gasteiger partial charge in [0.2, 0.25) is 0 Å². The third-order valence-corrected chi connectivity index (χ3v) is 4.66. The van der Waals surface area contributed by atoms with E-state index in [0.717, 1.165) is 16.5 Å². The van der Waals surface area contributed by atoms with Gasteiger partial charge in [-0.05, 0) is 62.2 Å². The van der Waals surface area contributed by atoms with Crippen LogP contribution in [0, 0.1) is 12.7 Å². The molecule has 29 heavy (non-hydrogen) atoms. The van der Waals surface area contributed by atoms with Gasteiger partial charge in [0.15, 0.2) is 0 Å². The quantitative estimate of drug-likeness (QED) is 0.543. The third-order valence-electron chi connectivity index (χ3n) is 4.66. The fraction of sp³-hybridized carbons (Fsp3) is 0.182. The van der Waals surface area contributed by atoms with Gasteiger partial charge in [-0.25, -0.2) is 14.4 Å². The second-order valence-electron chi connectivity index (χ2n) is 7.49. The normalized spacial score (nSPS) is 11.8. The second kappa shape index (κ2) is 6.93. The largest absolute Gasteiger partial charge is 0.384 e. The number of nitrogens with one attached hydrogen (secondary N) is 1. The van der Waals surface area contributed by atoms with Crippen molar-refractivity contribution in [2.45, 2.75) is 19.4 Å². The topological polar surface area (TPSA) is 75.9 Å². The smallest absolute Gasteiger partial charge is 0.149 e. The van der Waals surface area contributed by atoms with Crippen molar-refractivity contribution in [2.75, 3.05) is 5.32 Å². The molecule has 0 aliphatic heterocycles. The van der Waals surface area contributed by atoms with Gasteiger partial charge in [-0.2, -0.15) is 5.10 Å². The molecule has 3 aromatic heterocycles. The number of pyridine rings is 2. The summed E-state index contributed by atoms with van der Waals surface area (Å²) >= 11 is 0. The van der Waals surface area contributed by atoms with E-state index >= 15 is 0 Å². The molecule has 1 radical (unpaired) electrons. The molecule has 0 saturated heterocycles. The summed E-state index contributed by atoms with van der Waals surface area (Å²) < 4.78 is 16.3. The van der Waals surface area contributed by atoms with Gasteiger partial charge >= 0.3 is 0 Å². The Morgan fingerprint density at radius 2 is 1.86 bits per heavy atom. The van der Waals surface area contributed by atoms with Crippen LogP contribution in [0.5, 0.6) is 0 Å². The Bertz CT molecular complexity index is 1210. The minimum atomic E-state index is -1.09. The molecule has 0 spiro atoms. The van der Waals surface area contributed by atoms with Gasteiger partial charge in [-0.15, -0.1) is 0 Å². The first-order chi connectivity index (χ1) is 13.7. The number of aromatic nitrogens is 4. The number of halogens is 1. The fourth-order valence-electron chi connectivity index (χ4n) is 3.49. The van der Waals surface area contributed by atoms with E-state index in [4.69, 9.17) is 0 Å². The Balaban J connectivity index is 1.79. The van der Waals surface area contributed by atoms with Crippen LogP contribution in [0.15, 0.2) is 48.8 Å². The van der Waals surface area contributed by atoms with Crippen LogP contribution in [0.1, 0.15) is 25.1 Å². The number of anilines is 2. The zero-order valence-corrected chi connectivity index (χ0v) is 16.4. The molecule has 4 aromatic rings. The van der Waals surface area contributed by atoms with Crippen molar-refractivity contribution in [3.63, 3.8) is 0 Å². The van der Waals surface area contributed by atoms with Crippen LogP contribution in [-0.2, 0) is 12.6 Å². The Morgan fingerprint density at radius 1 is 1.10 bits per heavy atom. The first-order valence-corrected chi connectivity index (χ1v) is 9.13. The predicted octanol–water partition coefficient (Wildman–Crippen LogP) is 4.32. The Labute approximate surface area is 168 Å². The van der Waals surface area contributed by atoms with Crippen LogP contribution < -0.4 is 5.32 Å². The predicted molar refractivity (Wildman–Crippen MR) is 111 cm³/mol. The number of fused-ring (bicyclic) bond motifs is 1. The number of nitrogens with zero attached hydrogens (tertiary/aromatic N) is 4. The highest BCUT2D eigenvalue weighted by molar-refractivity contribution is 5.88. The molecule has 3 heterocycles. The first-order valence-electron chi connectivity index (χ1n) is 9.13. The van der Waals surface area contributed by atoms with Crippen molar-refractivity contribution >= 4 is 22.5 Å². The molecule has 7 heteroatoms. The van der Waals surface area contributed by atoms with Crippen LogP contribution in [-0.4, -0.2) is 24.9 Å². The monoisotopic (exact) mass is 390 g/mol. The maximum atomic E-state index is 14.6. The molecule has 0 fully saturated rings. The van der Waals surface area contributed by atoms with Gasteiger partial charge in [-0.3, -0.25) is 4.68 Å². The lowest BCUT2D eigenvalue weighted by atomic mass is 9.98. The summed E-state index contributed by atoms with van der Waals surface area (Å²) in [4.78, 5) is 8.33. The van der Waals surface area contributed by atoms with Crippen molar-refractivity contribution < 1.29 is 9.50 Å². The highest BCUT2D eigenvalue weighted by Gasteiger charge is 2.24. The molecule has 4 rings (SSSR count). The highest BCUT2D eigenvalue weighted by Crippen LogP contribution is 2.33. The third kappa shape index (κ3) is 3.69. The van der Waals surface area contributed by atoms with E-state index in [1.807, 2.05) is 12.1 Å². The lowest BCUT2D eigenvalue weighted by Crippen LogP contribution is -2.20. The van der Waals surface area contributed by atoms with Crippen LogP contribution >= 0.6 is 0 Å². The SMILES string of the molecule is [CH2]c1ccnc(Nc2cc(-c3ccc4nn(C)c(C(C)(C)O)c4c3)c(F)cn2)c1. The van der Waals surface area contributed by atoms with Crippen molar-refractivity contribution in [3.05, 3.63) is 72.8 Å². The summed E-state index contributed by atoms with van der Waals surface area (Å²) in [5.74, 6) is 0.602. The molecule has 0 unspecified atom stereocenters. The molecule has 0 atom stereocenters. The first kappa shape index (κ1) is 19.0. The molecule has 0 bridgehead atoms. The molecular formula is C22H21FN5O. The summed E-state index contributed by atoms with van der Waals surface area (Å²) in [5, 5.41) is 18.8. The van der Waals surface area contributed by atoms with E-state index in [1.54, 1.807) is 56.0 Å². The number of hydrogen-bond donors (Lipinski definition) is 2. The fourth-order valence-corrected chi connectivity index (χ4v) is 3.49. The van der Waals surface area contributed by atoms with Gasteiger partial charge in [0.05, 0.1) is 17.4 Å². The second-order valence-corrected chi connectivity index (χ2v) is 7.49. The van der Waals surface area contributed by atoms with E-state index in [0.29, 0.717) is 28.5 Å². The summed E-state index contributed by atoms with van der Waals surface area (Å²) in [6.45, 7) is 7.28. The number of benzene rings is 1. The lowest BCUT2D eigenvalue weighted by molar-refractivity contribution is 0.0711. The molecule has 0 aliphatic rings. The summed E-state index contributed by atoms with van der Waals surface area (Å²) in [6, 6.07) is 10.7. The van der Waals surface area contributed by atoms with Crippen LogP contribution in [0.3, 0.4) is 0 Å². The molecular weight excluding hydrogens is 369 g/mol. The van der Waals surface area contributed by atoms with Gasteiger partial charge in [0.25, 0.3) is 0 Å². The number of aliphatic hydroxyl groups is 1. The maximum Gasteiger partial charge on any atom is 0.149 e. The Morgan fingerprint density at radius 3 is 2.59 bits per heavy atom. The zero-order valence-electron chi connectivity index (χ0n) is 16.4. The van der Waals surface area contributed by atoms with Crippen molar-refractivity contribution in [1.82, 2.24) is 19.7 Å². The van der Waals surface area contributed by atoms with Crippen molar-refractivity contribution in [1.29, 1.82) is 0 Å². The summed E-state index contributed by atoms with van der Waals surface area (Å²) in [6.07, 6.45) is 2.82. The zero-order chi connectivity index (χ0) is 20.8. The van der Waals surface area contributed by atoms with Crippen LogP contribution in [0.2, 0.25) is 0 Å². The molecule has 147 valence electrons. The molecule has 1 aromatic carbocycles. The number of aryl methyl sites for hydroxylation is 1. The van der Waals surface area contributed by atoms with Crippen LogP contribution in [0.25, 0.3) is 22.0 Å². The van der Waals surface area contributed by atoms with Gasteiger partial charge in [0.1, 0.15) is 23.1 Å². The summed E-state index contributed by atoms with van der Waals surface area (Å²) in [5.41, 5.74) is 2.18. The van der Waals surface area contributed by atoms with Crippen molar-refractivity contribution in [3.8, 4) is 11.1 Å². The van der Waals surface area contributed by atoms with Gasteiger partial charge in [0, 0.05) is 24.2 Å². The van der Waals surface area contributed by atoms with E-state index in [-0.39, 0.29) is 0 Å². The van der Waals surface area contributed by atoms with E-state index in [2.05, 4.69) is 27.3 Å². The number of rotatable bonds is 4. The van der Waals surface area contributed by atoms with E-state index in [9.17, 15) is 9.50 Å². The molecule has 6 nitrogen and oxygen atoms in total. The van der Waals surface area contributed by atoms with E-state index < -0.39 is 11.4 Å². The molecule has 0 amide bonds. The average molecular weight is 390 g/mol. The van der Waals surface area contributed by atoms with Gasteiger partial charge in [-0.1, -0.05) is 6.07 Å². The summed E-state index contributed by atoms with van der Waals surface area (Å²) in [7, 11) is 1.78. The average Bonchev–Trinajstić information content (AvgIpc) is 2.98.